The molecule has 1 aromatic heterocycles. The molecule has 22 heavy (non-hydrogen) atoms. The first-order chi connectivity index (χ1) is 10.4. The van der Waals surface area contributed by atoms with Crippen molar-refractivity contribution in [2.45, 2.75) is 50.0 Å². The predicted octanol–water partition coefficient (Wildman–Crippen LogP) is 0.609. The topological polar surface area (TPSA) is 93.5 Å². The largest absolute Gasteiger partial charge is 0.388 e. The summed E-state index contributed by atoms with van der Waals surface area (Å²) >= 11 is 6.27. The van der Waals surface area contributed by atoms with Crippen LogP contribution in [-0.2, 0) is 9.47 Å². The Bertz CT molecular complexity index is 616. The van der Waals surface area contributed by atoms with Gasteiger partial charge in [0.2, 0.25) is 0 Å². The van der Waals surface area contributed by atoms with Gasteiger partial charge in [0.1, 0.15) is 17.1 Å². The minimum atomic E-state index is -0.986. The molecule has 1 aliphatic rings. The molecule has 0 bridgehead atoms. The number of aromatic amines is 1. The maximum absolute atomic E-state index is 11.9. The number of rotatable bonds is 6. The Morgan fingerprint density at radius 3 is 2.82 bits per heavy atom. The van der Waals surface area contributed by atoms with E-state index in [0.29, 0.717) is 13.0 Å². The number of aliphatic hydroxyl groups excluding tert-OH is 1. The fourth-order valence-electron chi connectivity index (χ4n) is 2.56. The van der Waals surface area contributed by atoms with E-state index < -0.39 is 34.6 Å². The van der Waals surface area contributed by atoms with Gasteiger partial charge in [-0.3, -0.25) is 14.3 Å². The average molecular weight is 333 g/mol. The van der Waals surface area contributed by atoms with Crippen molar-refractivity contribution in [2.24, 2.45) is 0 Å². The molecule has 2 heterocycles. The first-order valence-electron chi connectivity index (χ1n) is 7.34. The minimum Gasteiger partial charge on any atom is -0.388 e. The van der Waals surface area contributed by atoms with E-state index in [9.17, 15) is 14.7 Å². The molecule has 0 unspecified atom stereocenters. The van der Waals surface area contributed by atoms with Crippen LogP contribution in [-0.4, -0.2) is 45.0 Å². The Hall–Kier alpha value is -1.15. The number of H-pyrrole nitrogens is 1. The molecule has 2 rings (SSSR count). The van der Waals surface area contributed by atoms with E-state index in [2.05, 4.69) is 4.98 Å². The quantitative estimate of drug-likeness (QED) is 0.588. The van der Waals surface area contributed by atoms with E-state index in [4.69, 9.17) is 21.1 Å². The highest BCUT2D eigenvalue weighted by molar-refractivity contribution is 6.21. The Morgan fingerprint density at radius 2 is 2.23 bits per heavy atom. The van der Waals surface area contributed by atoms with Gasteiger partial charge >= 0.3 is 5.69 Å². The van der Waals surface area contributed by atoms with Gasteiger partial charge in [-0.1, -0.05) is 13.8 Å². The van der Waals surface area contributed by atoms with Gasteiger partial charge in [-0.25, -0.2) is 4.79 Å². The molecule has 0 aromatic carbocycles. The lowest BCUT2D eigenvalue weighted by Crippen LogP contribution is -2.45. The second-order valence-corrected chi connectivity index (χ2v) is 5.89. The van der Waals surface area contributed by atoms with Crippen molar-refractivity contribution in [1.29, 1.82) is 0 Å². The highest BCUT2D eigenvalue weighted by atomic mass is 35.5. The Labute approximate surface area is 132 Å². The van der Waals surface area contributed by atoms with Crippen molar-refractivity contribution in [3.05, 3.63) is 33.1 Å². The molecule has 7 nitrogen and oxygen atoms in total. The van der Waals surface area contributed by atoms with Crippen LogP contribution in [0.3, 0.4) is 0 Å². The van der Waals surface area contributed by atoms with E-state index >= 15 is 0 Å². The molecule has 1 aromatic rings. The number of nitrogens with zero attached hydrogens (tertiary/aromatic N) is 1. The van der Waals surface area contributed by atoms with E-state index in [1.807, 2.05) is 13.8 Å². The second kappa shape index (κ2) is 6.95. The van der Waals surface area contributed by atoms with Gasteiger partial charge in [0, 0.05) is 18.9 Å². The molecule has 0 spiro atoms. The molecular formula is C14H21ClN2O5. The van der Waals surface area contributed by atoms with Crippen LogP contribution < -0.4 is 11.2 Å². The molecule has 1 aliphatic heterocycles. The summed E-state index contributed by atoms with van der Waals surface area (Å²) < 4.78 is 12.6. The van der Waals surface area contributed by atoms with Gasteiger partial charge in [0.25, 0.3) is 5.56 Å². The summed E-state index contributed by atoms with van der Waals surface area (Å²) in [6.07, 6.45) is 0.789. The van der Waals surface area contributed by atoms with E-state index in [-0.39, 0.29) is 6.61 Å². The fourth-order valence-corrected chi connectivity index (χ4v) is 2.96. The number of nitrogens with one attached hydrogen (secondary N) is 1. The Morgan fingerprint density at radius 1 is 1.50 bits per heavy atom. The normalized spacial score (nSPS) is 31.5. The summed E-state index contributed by atoms with van der Waals surface area (Å²) in [6, 6.07) is 1.21. The number of alkyl halides is 1. The van der Waals surface area contributed by atoms with E-state index in [0.717, 1.165) is 6.42 Å². The molecule has 4 atom stereocenters. The van der Waals surface area contributed by atoms with Gasteiger partial charge in [-0.05, 0) is 12.8 Å². The van der Waals surface area contributed by atoms with E-state index in [1.54, 1.807) is 0 Å². The monoisotopic (exact) mass is 332 g/mol. The lowest BCUT2D eigenvalue weighted by Gasteiger charge is -2.30. The highest BCUT2D eigenvalue weighted by Gasteiger charge is 2.54. The Balaban J connectivity index is 2.28. The number of halogens is 1. The standard InChI is InChI=1S/C14H21ClN2O5/c1-3-7-21-8-14(4-2)11(19)10(15)12(22-14)17-6-5-9(18)16-13(17)20/h5-6,10-12,19H,3-4,7-8H2,1-2H3,(H,16,18,20)/t10-,11+,12-,14-/m1/s1. The zero-order valence-electron chi connectivity index (χ0n) is 12.6. The van der Waals surface area contributed by atoms with E-state index in [1.165, 1.54) is 16.8 Å². The van der Waals surface area contributed by atoms with Crippen LogP contribution in [0.15, 0.2) is 21.9 Å². The SMILES string of the molecule is CCCOC[C@@]1(CC)O[C@@H](n2ccc(=O)[nH]c2=O)[C@H](Cl)[C@@H]1O. The number of hydrogen-bond donors (Lipinski definition) is 2. The molecule has 0 radical (unpaired) electrons. The second-order valence-electron chi connectivity index (χ2n) is 5.39. The highest BCUT2D eigenvalue weighted by Crippen LogP contribution is 2.41. The van der Waals surface area contributed by atoms with Crippen LogP contribution in [0.25, 0.3) is 0 Å². The van der Waals surface area contributed by atoms with Crippen molar-refractivity contribution < 1.29 is 14.6 Å². The Kier molecular flexibility index (Phi) is 5.44. The molecule has 0 aliphatic carbocycles. The number of aromatic nitrogens is 2. The molecule has 124 valence electrons. The molecule has 2 N–H and O–H groups in total. The maximum atomic E-state index is 11.9. The summed E-state index contributed by atoms with van der Waals surface area (Å²) in [5.41, 5.74) is -2.10. The first kappa shape index (κ1) is 17.2. The fraction of sp³-hybridized carbons (Fsp3) is 0.714. The molecular weight excluding hydrogens is 312 g/mol. The van der Waals surface area contributed by atoms with Crippen LogP contribution in [0, 0.1) is 0 Å². The summed E-state index contributed by atoms with van der Waals surface area (Å²) in [6.45, 7) is 4.59. The van der Waals surface area contributed by atoms with Crippen LogP contribution in [0.1, 0.15) is 32.9 Å². The summed E-state index contributed by atoms with van der Waals surface area (Å²) in [5.74, 6) is 0. The number of ether oxygens (including phenoxy) is 2. The molecule has 0 amide bonds. The molecule has 8 heteroatoms. The average Bonchev–Trinajstić information content (AvgIpc) is 2.73. The lowest BCUT2D eigenvalue weighted by molar-refractivity contribution is -0.142. The van der Waals surface area contributed by atoms with Crippen molar-refractivity contribution in [1.82, 2.24) is 9.55 Å². The number of aliphatic hydroxyl groups is 1. The third kappa shape index (κ3) is 3.12. The van der Waals surface area contributed by atoms with Gasteiger partial charge in [-0.2, -0.15) is 0 Å². The lowest BCUT2D eigenvalue weighted by atomic mass is 9.94. The van der Waals surface area contributed by atoms with Gasteiger partial charge in [0.15, 0.2) is 6.23 Å². The summed E-state index contributed by atoms with van der Waals surface area (Å²) in [7, 11) is 0. The zero-order valence-corrected chi connectivity index (χ0v) is 13.4. The predicted molar refractivity (Wildman–Crippen MR) is 81.2 cm³/mol. The van der Waals surface area contributed by atoms with Crippen molar-refractivity contribution in [3.8, 4) is 0 Å². The van der Waals surface area contributed by atoms with Crippen molar-refractivity contribution >= 4 is 11.6 Å². The van der Waals surface area contributed by atoms with Crippen molar-refractivity contribution in [2.75, 3.05) is 13.2 Å². The van der Waals surface area contributed by atoms with Gasteiger partial charge in [-0.15, -0.1) is 11.6 Å². The maximum Gasteiger partial charge on any atom is 0.330 e. The molecule has 1 fully saturated rings. The summed E-state index contributed by atoms with van der Waals surface area (Å²) in [4.78, 5) is 25.2. The van der Waals surface area contributed by atoms with Crippen LogP contribution in [0.2, 0.25) is 0 Å². The van der Waals surface area contributed by atoms with Crippen LogP contribution in [0.5, 0.6) is 0 Å². The zero-order chi connectivity index (χ0) is 16.3. The first-order valence-corrected chi connectivity index (χ1v) is 7.78. The number of hydrogen-bond acceptors (Lipinski definition) is 5. The van der Waals surface area contributed by atoms with Crippen LogP contribution in [0.4, 0.5) is 0 Å². The van der Waals surface area contributed by atoms with Crippen LogP contribution >= 0.6 is 11.6 Å². The third-order valence-corrected chi connectivity index (χ3v) is 4.34. The molecule has 0 saturated carbocycles. The smallest absolute Gasteiger partial charge is 0.330 e. The summed E-state index contributed by atoms with van der Waals surface area (Å²) in [5, 5.41) is 9.64. The minimum absolute atomic E-state index is 0.191. The van der Waals surface area contributed by atoms with Gasteiger partial charge < -0.3 is 14.6 Å². The third-order valence-electron chi connectivity index (χ3n) is 3.89. The molecule has 1 saturated heterocycles. The van der Waals surface area contributed by atoms with Gasteiger partial charge in [0.05, 0.1) is 6.61 Å². The van der Waals surface area contributed by atoms with Crippen molar-refractivity contribution in [3.63, 3.8) is 0 Å².